The van der Waals surface area contributed by atoms with Crippen LogP contribution in [-0.4, -0.2) is 190 Å². The normalized spacial score (nSPS) is 17.9. The average Bonchev–Trinajstić information content (AvgIpc) is 1.60. The van der Waals surface area contributed by atoms with E-state index in [1.165, 1.54) is 40.3 Å². The number of thiophene rings is 1. The standard InChI is InChI=1S/C38H40F7N3O4.C38H53N5O4S/c1-3-46(2)33(49)22-51-32-20-25-6-4-5-7-31(25)35(32)12-15-47(16-13-35)17-14-36(27-8-10-30(39)11-9-27)23-48(24-52-36)34(50)26-18-28(37(40,41)42)21-29(19-26)38(43,44)45;1-5-23-42(4)37(45)35-20-19-32(48-35)29-40(2)24-13-7-10-18-36(44)41(3)27-28-43-25-21-31(22-26-43)47-38(46)39-34-17-12-11-16-33(34)30-14-8-6-9-15-30/h4-11,18-19,21,32H,3,12-17,20,22-24H2,1-2H3;6,8-9,11-12,14-17,19-20,31H,5,7,10,13,18,21-29H2,1-4H3,(H,39,46)/t32-,36-;/m0./s1. The van der Waals surface area contributed by atoms with Crippen LogP contribution in [0.4, 0.5) is 41.2 Å². The number of unbranched alkanes of at least 4 members (excludes halogenated alkanes) is 2. The molecule has 4 heterocycles. The van der Waals surface area contributed by atoms with E-state index >= 15 is 0 Å². The number of alkyl halides is 6. The Morgan fingerprint density at radius 3 is 2.03 bits per heavy atom. The number of hydrogen-bond donors (Lipinski definition) is 1. The average molecular weight is 1410 g/mol. The third kappa shape index (κ3) is 20.1. The topological polar surface area (TPSA) is 148 Å². The van der Waals surface area contributed by atoms with Crippen LogP contribution in [0.1, 0.15) is 131 Å². The fourth-order valence-electron chi connectivity index (χ4n) is 13.7. The van der Waals surface area contributed by atoms with E-state index in [2.05, 4.69) is 52.2 Å². The highest BCUT2D eigenvalue weighted by atomic mass is 32.1. The zero-order chi connectivity index (χ0) is 71.8. The number of nitrogens with one attached hydrogen (secondary N) is 1. The van der Waals surface area contributed by atoms with Crippen LogP contribution in [-0.2, 0) is 60.1 Å². The minimum absolute atomic E-state index is 0.0147. The Hall–Kier alpha value is -7.74. The Balaban J connectivity index is 0.000000234. The summed E-state index contributed by atoms with van der Waals surface area (Å²) in [6.07, 6.45) is -2.42. The maximum Gasteiger partial charge on any atom is 0.416 e. The van der Waals surface area contributed by atoms with Crippen molar-refractivity contribution in [3.05, 3.63) is 182 Å². The van der Waals surface area contributed by atoms with Crippen molar-refractivity contribution in [3.63, 3.8) is 0 Å². The van der Waals surface area contributed by atoms with Gasteiger partial charge in [-0.05, 0) is 162 Å². The molecular weight excluding hydrogens is 1320 g/mol. The van der Waals surface area contributed by atoms with E-state index in [-0.39, 0.29) is 54.6 Å². The minimum atomic E-state index is -5.11. The molecule has 3 aliphatic heterocycles. The second-order valence-electron chi connectivity index (χ2n) is 26.7. The van der Waals surface area contributed by atoms with Gasteiger partial charge in [0.05, 0.1) is 34.3 Å². The molecule has 100 heavy (non-hydrogen) atoms. The van der Waals surface area contributed by atoms with Crippen LogP contribution in [0.5, 0.6) is 0 Å². The first-order valence-electron chi connectivity index (χ1n) is 34.5. The van der Waals surface area contributed by atoms with Crippen LogP contribution in [0.15, 0.2) is 133 Å². The molecule has 0 unspecified atom stereocenters. The van der Waals surface area contributed by atoms with Crippen molar-refractivity contribution < 1.29 is 68.9 Å². The predicted molar refractivity (Wildman–Crippen MR) is 372 cm³/mol. The van der Waals surface area contributed by atoms with E-state index in [4.69, 9.17) is 14.2 Å². The molecule has 1 spiro atoms. The third-order valence-electron chi connectivity index (χ3n) is 19.8. The number of benzene rings is 5. The summed E-state index contributed by atoms with van der Waals surface area (Å²) in [5, 5.41) is 2.94. The minimum Gasteiger partial charge on any atom is -0.446 e. The third-order valence-corrected chi connectivity index (χ3v) is 20.8. The molecule has 4 aliphatic rings. The number of rotatable bonds is 26. The lowest BCUT2D eigenvalue weighted by Gasteiger charge is -2.44. The molecule has 2 atom stereocenters. The van der Waals surface area contributed by atoms with Crippen molar-refractivity contribution in [2.24, 2.45) is 0 Å². The summed E-state index contributed by atoms with van der Waals surface area (Å²) in [4.78, 5) is 79.3. The number of hydrogen-bond acceptors (Lipinski definition) is 12. The number of nitrogens with zero attached hydrogens (tertiary/aromatic N) is 7. The highest BCUT2D eigenvalue weighted by Crippen LogP contribution is 2.49. The summed E-state index contributed by atoms with van der Waals surface area (Å²) in [7, 11) is 7.60. The number of ether oxygens (including phenoxy) is 3. The van der Waals surface area contributed by atoms with Gasteiger partial charge < -0.3 is 48.5 Å². The number of amides is 5. The Kier molecular flexibility index (Phi) is 26.6. The molecule has 10 rings (SSSR count). The molecule has 6 aromatic rings. The van der Waals surface area contributed by atoms with Crippen molar-refractivity contribution in [1.29, 1.82) is 0 Å². The fourth-order valence-corrected chi connectivity index (χ4v) is 14.8. The lowest BCUT2D eigenvalue weighted by atomic mass is 9.72. The van der Waals surface area contributed by atoms with Gasteiger partial charge in [-0.2, -0.15) is 26.3 Å². The van der Waals surface area contributed by atoms with Gasteiger partial charge in [0.1, 0.15) is 30.9 Å². The second-order valence-corrected chi connectivity index (χ2v) is 27.9. The van der Waals surface area contributed by atoms with Gasteiger partial charge in [0.15, 0.2) is 0 Å². The van der Waals surface area contributed by atoms with Crippen molar-refractivity contribution in [3.8, 4) is 11.1 Å². The molecule has 1 aromatic heterocycles. The van der Waals surface area contributed by atoms with Crippen molar-refractivity contribution in [2.45, 2.75) is 127 Å². The summed E-state index contributed by atoms with van der Waals surface area (Å²) < 4.78 is 114. The van der Waals surface area contributed by atoms with Gasteiger partial charge >= 0.3 is 18.4 Å². The number of carbonyl (C=O) groups is 5. The first-order valence-corrected chi connectivity index (χ1v) is 35.4. The number of fused-ring (bicyclic) bond motifs is 2. The number of halogens is 7. The summed E-state index contributed by atoms with van der Waals surface area (Å²) >= 11 is 1.58. The Morgan fingerprint density at radius 1 is 0.690 bits per heavy atom. The van der Waals surface area contributed by atoms with E-state index in [9.17, 15) is 54.7 Å². The molecule has 3 saturated heterocycles. The lowest BCUT2D eigenvalue weighted by molar-refractivity contribution is -0.143. The van der Waals surface area contributed by atoms with Crippen LogP contribution in [0.2, 0.25) is 0 Å². The zero-order valence-corrected chi connectivity index (χ0v) is 58.8. The molecule has 16 nitrogen and oxygen atoms in total. The van der Waals surface area contributed by atoms with Crippen LogP contribution < -0.4 is 5.32 Å². The van der Waals surface area contributed by atoms with E-state index in [0.29, 0.717) is 69.7 Å². The number of likely N-dealkylation sites (tertiary alicyclic amines) is 2. The lowest BCUT2D eigenvalue weighted by Crippen LogP contribution is -2.49. The Bertz CT molecular complexity index is 3660. The Labute approximate surface area is 586 Å². The molecule has 3 fully saturated rings. The summed E-state index contributed by atoms with van der Waals surface area (Å²) in [6.45, 7) is 11.6. The van der Waals surface area contributed by atoms with E-state index in [1.807, 2.05) is 98.7 Å². The summed E-state index contributed by atoms with van der Waals surface area (Å²) in [6, 6.07) is 36.2. The quantitative estimate of drug-likeness (QED) is 0.0409. The molecule has 5 aromatic carbocycles. The van der Waals surface area contributed by atoms with Crippen LogP contribution in [0, 0.1) is 5.82 Å². The molecule has 0 bridgehead atoms. The van der Waals surface area contributed by atoms with Gasteiger partial charge in [-0.1, -0.05) is 98.3 Å². The molecule has 1 N–H and O–H groups in total. The molecule has 5 amide bonds. The number of piperidine rings is 2. The molecule has 24 heteroatoms. The zero-order valence-electron chi connectivity index (χ0n) is 58.0. The van der Waals surface area contributed by atoms with Gasteiger partial charge in [0, 0.05) is 101 Å². The largest absolute Gasteiger partial charge is 0.446 e. The highest BCUT2D eigenvalue weighted by Gasteiger charge is 2.50. The van der Waals surface area contributed by atoms with Gasteiger partial charge in [-0.3, -0.25) is 24.5 Å². The predicted octanol–water partition coefficient (Wildman–Crippen LogP) is 14.1. The van der Waals surface area contributed by atoms with E-state index in [0.717, 1.165) is 117 Å². The smallest absolute Gasteiger partial charge is 0.416 e. The molecular formula is C76H93F7N8O8S. The van der Waals surface area contributed by atoms with Gasteiger partial charge in [0.2, 0.25) is 11.8 Å². The fraction of sp³-hybridized carbons (Fsp3) is 0.487. The van der Waals surface area contributed by atoms with Crippen molar-refractivity contribution in [1.82, 2.24) is 34.3 Å². The van der Waals surface area contributed by atoms with Gasteiger partial charge in [0.25, 0.3) is 11.8 Å². The van der Waals surface area contributed by atoms with Crippen LogP contribution >= 0.6 is 11.3 Å². The first kappa shape index (κ1) is 76.4. The van der Waals surface area contributed by atoms with Gasteiger partial charge in [-0.25, -0.2) is 9.18 Å². The maximum absolute atomic E-state index is 14.0. The number of para-hydroxylation sites is 1. The maximum atomic E-state index is 14.0. The van der Waals surface area contributed by atoms with Crippen molar-refractivity contribution in [2.75, 3.05) is 119 Å². The number of carbonyl (C=O) groups excluding carboxylic acids is 5. The SMILES string of the molecule is CCCN(C)C(=O)c1ccc(CN(C)CCCCCC(=O)N(C)CCN2CCC(OC(=O)Nc3ccccc3-c3ccccc3)CC2)s1.CCN(C)C(=O)CO[C@H]1Cc2ccccc2C12CCN(CC[C@@]1(c3ccc(F)cc3)CN(C(=O)c3cc(C(F)(F)F)cc(C(F)(F)F)c3)CO1)CC2. The monoisotopic (exact) mass is 1410 g/mol. The van der Waals surface area contributed by atoms with E-state index in [1.54, 1.807) is 28.2 Å². The highest BCUT2D eigenvalue weighted by molar-refractivity contribution is 7.14. The molecule has 1 aliphatic carbocycles. The summed E-state index contributed by atoms with van der Waals surface area (Å²) in [5.41, 5.74) is 0.239. The second kappa shape index (κ2) is 34.8. The number of anilines is 1. The molecule has 0 radical (unpaired) electrons. The Morgan fingerprint density at radius 2 is 1.35 bits per heavy atom. The van der Waals surface area contributed by atoms with Crippen molar-refractivity contribution >= 4 is 46.7 Å². The number of likely N-dealkylation sites (N-methyl/N-ethyl adjacent to an activating group) is 2. The molecule has 0 saturated carbocycles. The van der Waals surface area contributed by atoms with Crippen LogP contribution in [0.25, 0.3) is 11.1 Å². The molecule has 540 valence electrons. The first-order chi connectivity index (χ1) is 47.8. The van der Waals surface area contributed by atoms with E-state index < -0.39 is 59.2 Å². The van der Waals surface area contributed by atoms with Gasteiger partial charge in [-0.15, -0.1) is 11.3 Å². The van der Waals surface area contributed by atoms with Crippen LogP contribution in [0.3, 0.4) is 0 Å². The summed E-state index contributed by atoms with van der Waals surface area (Å²) in [5.74, 6) is -1.35.